The highest BCUT2D eigenvalue weighted by molar-refractivity contribution is 5.98. The molecule has 26 heavy (non-hydrogen) atoms. The molecule has 3 rings (SSSR count). The van der Waals surface area contributed by atoms with Crippen LogP contribution in [-0.4, -0.2) is 30.6 Å². The Bertz CT molecular complexity index is 966. The van der Waals surface area contributed by atoms with Gasteiger partial charge in [-0.25, -0.2) is 4.79 Å². The summed E-state index contributed by atoms with van der Waals surface area (Å²) in [5.74, 6) is -0.559. The van der Waals surface area contributed by atoms with Gasteiger partial charge in [-0.3, -0.25) is 4.79 Å². The Morgan fingerprint density at radius 2 is 2.08 bits per heavy atom. The number of nitriles is 1. The van der Waals surface area contributed by atoms with Crippen molar-refractivity contribution in [1.82, 2.24) is 4.57 Å². The van der Waals surface area contributed by atoms with Gasteiger partial charge in [-0.15, -0.1) is 0 Å². The van der Waals surface area contributed by atoms with E-state index >= 15 is 0 Å². The van der Waals surface area contributed by atoms with E-state index in [1.165, 1.54) is 13.3 Å². The zero-order chi connectivity index (χ0) is 19.2. The van der Waals surface area contributed by atoms with Crippen molar-refractivity contribution in [1.29, 1.82) is 5.26 Å². The van der Waals surface area contributed by atoms with Crippen LogP contribution in [0.25, 0.3) is 5.69 Å². The van der Waals surface area contributed by atoms with Crippen LogP contribution in [0.4, 0.5) is 11.4 Å². The van der Waals surface area contributed by atoms with Crippen molar-refractivity contribution in [2.24, 2.45) is 0 Å². The van der Waals surface area contributed by atoms with Crippen LogP contribution >= 0.6 is 0 Å². The summed E-state index contributed by atoms with van der Waals surface area (Å²) in [6.07, 6.45) is 1.91. The quantitative estimate of drug-likeness (QED) is 0.836. The molecule has 0 spiro atoms. The number of ether oxygens (including phenoxy) is 1. The Labute approximate surface area is 151 Å². The predicted octanol–water partition coefficient (Wildman–Crippen LogP) is 2.36. The van der Waals surface area contributed by atoms with E-state index in [2.05, 4.69) is 0 Å². The zero-order valence-electron chi connectivity index (χ0n) is 15.2. The van der Waals surface area contributed by atoms with Gasteiger partial charge in [0.05, 0.1) is 18.4 Å². The molecule has 1 aliphatic rings. The minimum absolute atomic E-state index is 0.0578. The third-order valence-electron chi connectivity index (χ3n) is 4.86. The molecular weight excluding hydrogens is 332 g/mol. The number of carbonyl (C=O) groups excluding carboxylic acids is 2. The maximum Gasteiger partial charge on any atom is 0.357 e. The second-order valence-corrected chi connectivity index (χ2v) is 6.99. The number of nitrogen functional groups attached to an aromatic ring is 1. The normalized spacial score (nSPS) is 15.3. The number of carbonyl (C=O) groups is 2. The number of esters is 1. The summed E-state index contributed by atoms with van der Waals surface area (Å²) < 4.78 is 6.38. The molecule has 1 aromatic carbocycles. The summed E-state index contributed by atoms with van der Waals surface area (Å²) in [7, 11) is 3.01. The smallest absolute Gasteiger partial charge is 0.357 e. The van der Waals surface area contributed by atoms with Gasteiger partial charge in [-0.2, -0.15) is 5.26 Å². The second kappa shape index (κ2) is 5.92. The average molecular weight is 352 g/mol. The van der Waals surface area contributed by atoms with E-state index in [4.69, 9.17) is 10.5 Å². The van der Waals surface area contributed by atoms with Crippen LogP contribution in [0.1, 0.15) is 41.9 Å². The number of anilines is 2. The molecule has 0 bridgehead atoms. The molecule has 0 radical (unpaired) electrons. The van der Waals surface area contributed by atoms with Crippen LogP contribution in [0.3, 0.4) is 0 Å². The van der Waals surface area contributed by atoms with Gasteiger partial charge >= 0.3 is 5.97 Å². The summed E-state index contributed by atoms with van der Waals surface area (Å²) in [4.78, 5) is 26.0. The summed E-state index contributed by atoms with van der Waals surface area (Å²) in [5.41, 5.74) is 8.50. The second-order valence-electron chi connectivity index (χ2n) is 6.99. The maximum atomic E-state index is 12.2. The molecule has 1 aliphatic heterocycles. The lowest BCUT2D eigenvalue weighted by atomic mass is 9.77. The third-order valence-corrected chi connectivity index (χ3v) is 4.86. The standard InChI is InChI=1S/C19H20N4O3/c1-19(2)8-15(24)22(3)14-6-5-12(7-13(14)19)23-10-11(9-20)16(21)17(23)18(25)26-4/h5-7,10H,8,21H2,1-4H3. The van der Waals surface area contributed by atoms with Crippen molar-refractivity contribution in [3.63, 3.8) is 0 Å². The van der Waals surface area contributed by atoms with Gasteiger partial charge in [-0.05, 0) is 23.8 Å². The van der Waals surface area contributed by atoms with Gasteiger partial charge in [0.25, 0.3) is 0 Å². The number of fused-ring (bicyclic) bond motifs is 1. The van der Waals surface area contributed by atoms with Crippen molar-refractivity contribution in [2.45, 2.75) is 25.7 Å². The topological polar surface area (TPSA) is 101 Å². The summed E-state index contributed by atoms with van der Waals surface area (Å²) in [6, 6.07) is 7.54. The Hall–Kier alpha value is -3.27. The minimum atomic E-state index is -0.617. The van der Waals surface area contributed by atoms with Crippen LogP contribution in [0.2, 0.25) is 0 Å². The van der Waals surface area contributed by atoms with Crippen molar-refractivity contribution in [3.05, 3.63) is 41.2 Å². The van der Waals surface area contributed by atoms with E-state index in [0.717, 1.165) is 11.3 Å². The highest BCUT2D eigenvalue weighted by atomic mass is 16.5. The molecule has 7 heteroatoms. The molecule has 0 unspecified atom stereocenters. The SMILES string of the molecule is COC(=O)c1c(N)c(C#N)cn1-c1ccc2c(c1)C(C)(C)CC(=O)N2C. The predicted molar refractivity (Wildman–Crippen MR) is 97.3 cm³/mol. The van der Waals surface area contributed by atoms with E-state index in [0.29, 0.717) is 12.1 Å². The number of methoxy groups -OCH3 is 1. The molecule has 0 atom stereocenters. The monoisotopic (exact) mass is 352 g/mol. The average Bonchev–Trinajstić information content (AvgIpc) is 2.95. The first kappa shape index (κ1) is 17.5. The van der Waals surface area contributed by atoms with Crippen molar-refractivity contribution in [3.8, 4) is 11.8 Å². The lowest BCUT2D eigenvalue weighted by molar-refractivity contribution is -0.119. The molecule has 2 heterocycles. The van der Waals surface area contributed by atoms with Gasteiger partial charge in [0.15, 0.2) is 5.69 Å². The van der Waals surface area contributed by atoms with Crippen molar-refractivity contribution in [2.75, 3.05) is 24.8 Å². The number of nitrogens with two attached hydrogens (primary N) is 1. The summed E-state index contributed by atoms with van der Waals surface area (Å²) in [6.45, 7) is 4.01. The van der Waals surface area contributed by atoms with Crippen molar-refractivity contribution < 1.29 is 14.3 Å². The highest BCUT2D eigenvalue weighted by Crippen LogP contribution is 2.41. The molecule has 2 N–H and O–H groups in total. The third kappa shape index (κ3) is 2.51. The zero-order valence-corrected chi connectivity index (χ0v) is 15.2. The maximum absolute atomic E-state index is 12.2. The van der Waals surface area contributed by atoms with E-state index in [1.54, 1.807) is 22.6 Å². The Morgan fingerprint density at radius 1 is 1.38 bits per heavy atom. The molecule has 0 fully saturated rings. The van der Waals surface area contributed by atoms with Crippen LogP contribution in [0, 0.1) is 11.3 Å². The first-order valence-corrected chi connectivity index (χ1v) is 8.12. The fraction of sp³-hybridized carbons (Fsp3) is 0.316. The van der Waals surface area contributed by atoms with E-state index < -0.39 is 5.97 Å². The number of benzene rings is 1. The molecule has 0 aliphatic carbocycles. The largest absolute Gasteiger partial charge is 0.464 e. The molecule has 1 aromatic heterocycles. The lowest BCUT2D eigenvalue weighted by Gasteiger charge is -2.37. The number of hydrogen-bond donors (Lipinski definition) is 1. The fourth-order valence-corrected chi connectivity index (χ4v) is 3.35. The van der Waals surface area contributed by atoms with E-state index in [9.17, 15) is 14.9 Å². The summed E-state index contributed by atoms with van der Waals surface area (Å²) >= 11 is 0. The van der Waals surface area contributed by atoms with Gasteiger partial charge in [0.2, 0.25) is 5.91 Å². The number of nitrogens with zero attached hydrogens (tertiary/aromatic N) is 3. The Morgan fingerprint density at radius 3 is 2.69 bits per heavy atom. The first-order valence-electron chi connectivity index (χ1n) is 8.12. The van der Waals surface area contributed by atoms with Crippen LogP contribution in [-0.2, 0) is 14.9 Å². The Balaban J connectivity index is 2.24. The van der Waals surface area contributed by atoms with Crippen LogP contribution in [0.5, 0.6) is 0 Å². The fourth-order valence-electron chi connectivity index (χ4n) is 3.35. The molecular formula is C19H20N4O3. The number of hydrogen-bond acceptors (Lipinski definition) is 5. The minimum Gasteiger partial charge on any atom is -0.464 e. The Kier molecular flexibility index (Phi) is 3.99. The lowest BCUT2D eigenvalue weighted by Crippen LogP contribution is -2.39. The summed E-state index contributed by atoms with van der Waals surface area (Å²) in [5, 5.41) is 9.26. The highest BCUT2D eigenvalue weighted by Gasteiger charge is 2.35. The molecule has 1 amide bonds. The van der Waals surface area contributed by atoms with Crippen LogP contribution < -0.4 is 10.6 Å². The number of amides is 1. The van der Waals surface area contributed by atoms with E-state index in [-0.39, 0.29) is 28.3 Å². The van der Waals surface area contributed by atoms with Crippen molar-refractivity contribution >= 4 is 23.3 Å². The number of rotatable bonds is 2. The molecule has 2 aromatic rings. The number of aromatic nitrogens is 1. The first-order chi connectivity index (χ1) is 12.2. The molecule has 0 saturated carbocycles. The molecule has 0 saturated heterocycles. The molecule has 134 valence electrons. The van der Waals surface area contributed by atoms with Gasteiger partial charge in [0, 0.05) is 36.5 Å². The van der Waals surface area contributed by atoms with E-state index in [1.807, 2.05) is 32.0 Å². The van der Waals surface area contributed by atoms with Gasteiger partial charge < -0.3 is 19.9 Å². The molecule has 7 nitrogen and oxygen atoms in total. The van der Waals surface area contributed by atoms with Gasteiger partial charge in [0.1, 0.15) is 6.07 Å². The van der Waals surface area contributed by atoms with Crippen LogP contribution in [0.15, 0.2) is 24.4 Å². The van der Waals surface area contributed by atoms with Gasteiger partial charge in [-0.1, -0.05) is 13.8 Å².